The summed E-state index contributed by atoms with van der Waals surface area (Å²) in [7, 11) is 1.59. The zero-order valence-electron chi connectivity index (χ0n) is 17.4. The number of pyridine rings is 2. The van der Waals surface area contributed by atoms with Gasteiger partial charge in [0.05, 0.1) is 12.7 Å². The second-order valence-corrected chi connectivity index (χ2v) is 8.17. The van der Waals surface area contributed by atoms with Crippen LogP contribution in [0, 0.1) is 0 Å². The van der Waals surface area contributed by atoms with Crippen molar-refractivity contribution in [3.8, 4) is 5.88 Å². The highest BCUT2D eigenvalue weighted by molar-refractivity contribution is 6.07. The van der Waals surface area contributed by atoms with Gasteiger partial charge in [0.2, 0.25) is 5.88 Å². The van der Waals surface area contributed by atoms with Gasteiger partial charge in [0.1, 0.15) is 5.82 Å². The lowest BCUT2D eigenvalue weighted by atomic mass is 9.88. The molecule has 1 aliphatic heterocycles. The van der Waals surface area contributed by atoms with Gasteiger partial charge < -0.3 is 20.7 Å². The van der Waals surface area contributed by atoms with Crippen LogP contribution in [0.5, 0.6) is 5.88 Å². The standard InChI is InChI=1S/C24H25N5O2/c1-31-21-11-16(6-10-26-21)13-28-22-19(3-2-9-27-22)23(30)29-18-4-5-20-17(12-18)14-25-15-24(20)7-8-24/h2-6,9-12,25H,7-8,13-15H2,1H3,(H,27,28)(H,29,30). The molecule has 7 nitrogen and oxygen atoms in total. The molecule has 0 unspecified atom stereocenters. The summed E-state index contributed by atoms with van der Waals surface area (Å²) < 4.78 is 5.17. The number of ether oxygens (including phenoxy) is 1. The Labute approximate surface area is 181 Å². The van der Waals surface area contributed by atoms with Crippen molar-refractivity contribution in [2.45, 2.75) is 31.3 Å². The van der Waals surface area contributed by atoms with Gasteiger partial charge in [-0.05, 0) is 59.9 Å². The summed E-state index contributed by atoms with van der Waals surface area (Å²) in [6, 6.07) is 13.6. The zero-order chi connectivity index (χ0) is 21.3. The molecule has 0 bridgehead atoms. The number of aromatic nitrogens is 2. The third kappa shape index (κ3) is 3.96. The second-order valence-electron chi connectivity index (χ2n) is 8.17. The molecule has 1 aliphatic carbocycles. The van der Waals surface area contributed by atoms with E-state index < -0.39 is 0 Å². The number of fused-ring (bicyclic) bond motifs is 2. The summed E-state index contributed by atoms with van der Waals surface area (Å²) >= 11 is 0. The Morgan fingerprint density at radius 1 is 1.16 bits per heavy atom. The second kappa shape index (κ2) is 8.00. The average molecular weight is 415 g/mol. The number of nitrogens with one attached hydrogen (secondary N) is 3. The van der Waals surface area contributed by atoms with Crippen molar-refractivity contribution >= 4 is 17.4 Å². The summed E-state index contributed by atoms with van der Waals surface area (Å²) in [5, 5.41) is 9.80. The minimum absolute atomic E-state index is 0.187. The van der Waals surface area contributed by atoms with Crippen molar-refractivity contribution < 1.29 is 9.53 Å². The first-order chi connectivity index (χ1) is 15.2. The number of hydrogen-bond donors (Lipinski definition) is 3. The third-order valence-electron chi connectivity index (χ3n) is 6.09. The van der Waals surface area contributed by atoms with Crippen molar-refractivity contribution in [3.63, 3.8) is 0 Å². The van der Waals surface area contributed by atoms with Gasteiger partial charge in [0.25, 0.3) is 5.91 Å². The van der Waals surface area contributed by atoms with Crippen molar-refractivity contribution in [2.24, 2.45) is 0 Å². The molecular weight excluding hydrogens is 390 g/mol. The predicted molar refractivity (Wildman–Crippen MR) is 119 cm³/mol. The van der Waals surface area contributed by atoms with Gasteiger partial charge in [-0.15, -0.1) is 0 Å². The Hall–Kier alpha value is -3.45. The fraction of sp³-hybridized carbons (Fsp3) is 0.292. The summed E-state index contributed by atoms with van der Waals surface area (Å²) in [5.74, 6) is 0.897. The molecule has 1 saturated carbocycles. The number of rotatable bonds is 6. The van der Waals surface area contributed by atoms with Gasteiger partial charge in [0, 0.05) is 49.2 Å². The van der Waals surface area contributed by atoms with Crippen LogP contribution in [-0.4, -0.2) is 29.5 Å². The summed E-state index contributed by atoms with van der Waals surface area (Å²) in [4.78, 5) is 21.5. The average Bonchev–Trinajstić information content (AvgIpc) is 3.58. The van der Waals surface area contributed by atoms with Crippen LogP contribution in [0.4, 0.5) is 11.5 Å². The van der Waals surface area contributed by atoms with E-state index in [0.717, 1.165) is 24.3 Å². The first-order valence-electron chi connectivity index (χ1n) is 10.5. The molecule has 5 rings (SSSR count). The maximum absolute atomic E-state index is 13.0. The van der Waals surface area contributed by atoms with Crippen LogP contribution in [0.25, 0.3) is 0 Å². The molecule has 158 valence electrons. The number of nitrogens with zero attached hydrogens (tertiary/aromatic N) is 2. The Morgan fingerprint density at radius 3 is 2.90 bits per heavy atom. The van der Waals surface area contributed by atoms with Crippen molar-refractivity contribution in [2.75, 3.05) is 24.3 Å². The van der Waals surface area contributed by atoms with Gasteiger partial charge in [0.15, 0.2) is 0 Å². The van der Waals surface area contributed by atoms with Crippen LogP contribution in [-0.2, 0) is 18.5 Å². The van der Waals surface area contributed by atoms with Crippen LogP contribution in [0.3, 0.4) is 0 Å². The summed E-state index contributed by atoms with van der Waals surface area (Å²) in [6.45, 7) is 2.40. The van der Waals surface area contributed by atoms with E-state index in [1.807, 2.05) is 18.2 Å². The Morgan fingerprint density at radius 2 is 2.06 bits per heavy atom. The molecule has 31 heavy (non-hydrogen) atoms. The molecule has 1 aromatic carbocycles. The van der Waals surface area contributed by atoms with Crippen LogP contribution < -0.4 is 20.7 Å². The van der Waals surface area contributed by atoms with E-state index in [9.17, 15) is 4.79 Å². The first-order valence-corrected chi connectivity index (χ1v) is 10.5. The number of methoxy groups -OCH3 is 1. The molecule has 0 radical (unpaired) electrons. The van der Waals surface area contributed by atoms with Crippen molar-refractivity contribution in [3.05, 3.63) is 77.1 Å². The molecule has 1 fully saturated rings. The molecule has 3 heterocycles. The van der Waals surface area contributed by atoms with Gasteiger partial charge in [-0.2, -0.15) is 0 Å². The number of carbonyl (C=O) groups is 1. The maximum atomic E-state index is 13.0. The van der Waals surface area contributed by atoms with Crippen LogP contribution in [0.15, 0.2) is 54.9 Å². The first kappa shape index (κ1) is 19.5. The Kier molecular flexibility index (Phi) is 5.03. The van der Waals surface area contributed by atoms with Crippen LogP contribution in [0.2, 0.25) is 0 Å². The molecule has 7 heteroatoms. The van der Waals surface area contributed by atoms with E-state index in [2.05, 4.69) is 38.1 Å². The van der Waals surface area contributed by atoms with Gasteiger partial charge in [-0.1, -0.05) is 6.07 Å². The number of benzene rings is 1. The topological polar surface area (TPSA) is 88.2 Å². The molecule has 0 atom stereocenters. The lowest BCUT2D eigenvalue weighted by Crippen LogP contribution is -2.33. The summed E-state index contributed by atoms with van der Waals surface area (Å²) in [5.41, 5.74) is 5.32. The van der Waals surface area contributed by atoms with E-state index in [4.69, 9.17) is 4.74 Å². The molecule has 1 spiro atoms. The van der Waals surface area contributed by atoms with Gasteiger partial charge >= 0.3 is 0 Å². The van der Waals surface area contributed by atoms with Gasteiger partial charge in [-0.3, -0.25) is 4.79 Å². The maximum Gasteiger partial charge on any atom is 0.259 e. The Bertz CT molecular complexity index is 1130. The fourth-order valence-corrected chi connectivity index (χ4v) is 4.25. The van der Waals surface area contributed by atoms with Crippen molar-refractivity contribution in [1.29, 1.82) is 0 Å². The van der Waals surface area contributed by atoms with E-state index >= 15 is 0 Å². The fourth-order valence-electron chi connectivity index (χ4n) is 4.25. The molecule has 1 amide bonds. The van der Waals surface area contributed by atoms with Gasteiger partial charge in [-0.25, -0.2) is 9.97 Å². The number of hydrogen-bond acceptors (Lipinski definition) is 6. The highest BCUT2D eigenvalue weighted by Gasteiger charge is 2.46. The zero-order valence-corrected chi connectivity index (χ0v) is 17.4. The SMILES string of the molecule is COc1cc(CNc2ncccc2C(=O)Nc2ccc3c(c2)CNCC32CC2)ccn1. The quantitative estimate of drug-likeness (QED) is 0.571. The summed E-state index contributed by atoms with van der Waals surface area (Å²) in [6.07, 6.45) is 5.85. The predicted octanol–water partition coefficient (Wildman–Crippen LogP) is 3.48. The molecule has 3 aromatic rings. The van der Waals surface area contributed by atoms with Crippen LogP contribution >= 0.6 is 0 Å². The molecule has 2 aromatic heterocycles. The minimum Gasteiger partial charge on any atom is -0.481 e. The number of anilines is 2. The van der Waals surface area contributed by atoms with Crippen molar-refractivity contribution in [1.82, 2.24) is 15.3 Å². The van der Waals surface area contributed by atoms with E-state index in [-0.39, 0.29) is 5.91 Å². The van der Waals surface area contributed by atoms with Crippen LogP contribution in [0.1, 0.15) is 39.9 Å². The smallest absolute Gasteiger partial charge is 0.259 e. The highest BCUT2D eigenvalue weighted by Crippen LogP contribution is 2.50. The van der Waals surface area contributed by atoms with E-state index in [0.29, 0.717) is 29.2 Å². The molecule has 3 N–H and O–H groups in total. The minimum atomic E-state index is -0.187. The third-order valence-corrected chi connectivity index (χ3v) is 6.09. The molecular formula is C24H25N5O2. The van der Waals surface area contributed by atoms with E-state index in [1.165, 1.54) is 24.0 Å². The highest BCUT2D eigenvalue weighted by atomic mass is 16.5. The molecule has 2 aliphatic rings. The number of carbonyl (C=O) groups excluding carboxylic acids is 1. The largest absolute Gasteiger partial charge is 0.481 e. The lowest BCUT2D eigenvalue weighted by Gasteiger charge is -2.26. The number of amides is 1. The molecule has 0 saturated heterocycles. The normalized spacial score (nSPS) is 15.8. The van der Waals surface area contributed by atoms with E-state index in [1.54, 1.807) is 31.6 Å². The lowest BCUT2D eigenvalue weighted by molar-refractivity contribution is 0.102. The monoisotopic (exact) mass is 415 g/mol. The Balaban J connectivity index is 1.31.